The molecule has 2 aromatic heterocycles. The fourth-order valence-electron chi connectivity index (χ4n) is 4.34. The maximum Gasteiger partial charge on any atom is 0.224 e. The van der Waals surface area contributed by atoms with Crippen molar-refractivity contribution in [3.63, 3.8) is 0 Å². The molecule has 0 bridgehead atoms. The summed E-state index contributed by atoms with van der Waals surface area (Å²) in [5.74, 6) is 2.72. The number of methoxy groups -OCH3 is 2. The molecule has 9 heteroatoms. The van der Waals surface area contributed by atoms with E-state index in [1.165, 1.54) is 19.3 Å². The average molecular weight is 465 g/mol. The number of carbonyl (C=O) groups excluding carboxylic acids is 1. The number of piperidine rings is 1. The second-order valence-electron chi connectivity index (χ2n) is 8.47. The number of hydrogen-bond acceptors (Lipinski definition) is 7. The van der Waals surface area contributed by atoms with Crippen LogP contribution in [0.15, 0.2) is 30.3 Å². The average Bonchev–Trinajstić information content (AvgIpc) is 3.16. The molecule has 1 N–H and O–H groups in total. The monoisotopic (exact) mass is 464 g/mol. The second-order valence-corrected chi connectivity index (χ2v) is 8.47. The summed E-state index contributed by atoms with van der Waals surface area (Å²) < 4.78 is 12.4. The molecule has 1 saturated heterocycles. The highest BCUT2D eigenvalue weighted by molar-refractivity contribution is 5.92. The van der Waals surface area contributed by atoms with E-state index in [1.54, 1.807) is 32.4 Å². The number of nitrogens with one attached hydrogen (secondary N) is 1. The van der Waals surface area contributed by atoms with Crippen molar-refractivity contribution >= 4 is 17.4 Å². The standard InChI is InChI=1S/C25H32N6O3/c1-17-20(9-13-25(32)26-21-10-8-19(33-3)16-22(21)34-4)18(2)31(29-17)24-12-11-23(27-28-24)30-14-6-5-7-15-30/h8,10-12,16H,5-7,9,13-15H2,1-4H3,(H,26,32). The Kier molecular flexibility index (Phi) is 7.30. The molecule has 9 nitrogen and oxygen atoms in total. The van der Waals surface area contributed by atoms with Gasteiger partial charge in [0.1, 0.15) is 11.5 Å². The molecule has 0 atom stereocenters. The van der Waals surface area contributed by atoms with Crippen molar-refractivity contribution in [1.29, 1.82) is 0 Å². The van der Waals surface area contributed by atoms with Crippen molar-refractivity contribution in [2.24, 2.45) is 0 Å². The molecule has 3 heterocycles. The maximum atomic E-state index is 12.6. The van der Waals surface area contributed by atoms with Crippen molar-refractivity contribution < 1.29 is 14.3 Å². The summed E-state index contributed by atoms with van der Waals surface area (Å²) in [6, 6.07) is 9.28. The Morgan fingerprint density at radius 2 is 1.74 bits per heavy atom. The summed E-state index contributed by atoms with van der Waals surface area (Å²) in [4.78, 5) is 14.9. The molecule has 1 aliphatic rings. The van der Waals surface area contributed by atoms with Gasteiger partial charge in [0.25, 0.3) is 0 Å². The Morgan fingerprint density at radius 1 is 1.00 bits per heavy atom. The van der Waals surface area contributed by atoms with E-state index in [2.05, 4.69) is 25.5 Å². The van der Waals surface area contributed by atoms with Gasteiger partial charge in [-0.3, -0.25) is 4.79 Å². The number of nitrogens with zero attached hydrogens (tertiary/aromatic N) is 5. The molecule has 1 fully saturated rings. The number of ether oxygens (including phenoxy) is 2. The maximum absolute atomic E-state index is 12.6. The number of amides is 1. The fourth-order valence-corrected chi connectivity index (χ4v) is 4.34. The third-order valence-electron chi connectivity index (χ3n) is 6.26. The first-order valence-electron chi connectivity index (χ1n) is 11.7. The number of benzene rings is 1. The van der Waals surface area contributed by atoms with Gasteiger partial charge in [-0.15, -0.1) is 10.2 Å². The minimum Gasteiger partial charge on any atom is -0.497 e. The van der Waals surface area contributed by atoms with E-state index in [-0.39, 0.29) is 5.91 Å². The van der Waals surface area contributed by atoms with Crippen LogP contribution in [-0.4, -0.2) is 53.2 Å². The largest absolute Gasteiger partial charge is 0.497 e. The second kappa shape index (κ2) is 10.5. The van der Waals surface area contributed by atoms with E-state index >= 15 is 0 Å². The summed E-state index contributed by atoms with van der Waals surface area (Å²) in [5, 5.41) is 16.5. The van der Waals surface area contributed by atoms with Gasteiger partial charge in [0.15, 0.2) is 11.6 Å². The van der Waals surface area contributed by atoms with Crippen molar-refractivity contribution in [2.45, 2.75) is 46.0 Å². The highest BCUT2D eigenvalue weighted by Crippen LogP contribution is 2.29. The zero-order valence-electron chi connectivity index (χ0n) is 20.3. The van der Waals surface area contributed by atoms with Gasteiger partial charge in [0.2, 0.25) is 5.91 Å². The highest BCUT2D eigenvalue weighted by Gasteiger charge is 2.17. The Hall–Kier alpha value is -3.62. The summed E-state index contributed by atoms with van der Waals surface area (Å²) in [6.07, 6.45) is 4.57. The van der Waals surface area contributed by atoms with E-state index in [0.29, 0.717) is 35.8 Å². The van der Waals surface area contributed by atoms with Crippen LogP contribution in [0.3, 0.4) is 0 Å². The van der Waals surface area contributed by atoms with Crippen LogP contribution in [0.25, 0.3) is 5.82 Å². The Balaban J connectivity index is 1.42. The van der Waals surface area contributed by atoms with Gasteiger partial charge < -0.3 is 19.7 Å². The number of rotatable bonds is 8. The first-order chi connectivity index (χ1) is 16.5. The molecule has 1 amide bonds. The Labute approximate surface area is 200 Å². The zero-order valence-corrected chi connectivity index (χ0v) is 20.3. The van der Waals surface area contributed by atoms with Crippen LogP contribution in [0.5, 0.6) is 11.5 Å². The lowest BCUT2D eigenvalue weighted by atomic mass is 10.1. The summed E-state index contributed by atoms with van der Waals surface area (Å²) >= 11 is 0. The summed E-state index contributed by atoms with van der Waals surface area (Å²) in [6.45, 7) is 6.02. The van der Waals surface area contributed by atoms with Gasteiger partial charge in [-0.25, -0.2) is 4.68 Å². The minimum atomic E-state index is -0.0966. The molecule has 4 rings (SSSR count). The Morgan fingerprint density at radius 3 is 2.41 bits per heavy atom. The van der Waals surface area contributed by atoms with Crippen molar-refractivity contribution in [3.05, 3.63) is 47.3 Å². The molecule has 3 aromatic rings. The van der Waals surface area contributed by atoms with E-state index in [4.69, 9.17) is 9.47 Å². The molecule has 1 aromatic carbocycles. The first kappa shape index (κ1) is 23.5. The summed E-state index contributed by atoms with van der Waals surface area (Å²) in [7, 11) is 3.15. The van der Waals surface area contributed by atoms with Crippen LogP contribution in [0.1, 0.15) is 42.6 Å². The van der Waals surface area contributed by atoms with E-state index < -0.39 is 0 Å². The number of carbonyl (C=O) groups is 1. The van der Waals surface area contributed by atoms with E-state index in [0.717, 1.165) is 35.9 Å². The van der Waals surface area contributed by atoms with Gasteiger partial charge in [-0.05, 0) is 69.4 Å². The van der Waals surface area contributed by atoms with Gasteiger partial charge in [0, 0.05) is 31.3 Å². The van der Waals surface area contributed by atoms with Crippen LogP contribution in [0.4, 0.5) is 11.5 Å². The summed E-state index contributed by atoms with van der Waals surface area (Å²) in [5.41, 5.74) is 3.50. The van der Waals surface area contributed by atoms with Crippen LogP contribution in [0.2, 0.25) is 0 Å². The third-order valence-corrected chi connectivity index (χ3v) is 6.26. The van der Waals surface area contributed by atoms with Crippen LogP contribution < -0.4 is 19.7 Å². The number of aromatic nitrogens is 4. The fraction of sp³-hybridized carbons (Fsp3) is 0.440. The number of hydrogen-bond donors (Lipinski definition) is 1. The molecule has 34 heavy (non-hydrogen) atoms. The highest BCUT2D eigenvalue weighted by atomic mass is 16.5. The molecule has 0 radical (unpaired) electrons. The molecular formula is C25H32N6O3. The molecule has 180 valence electrons. The lowest BCUT2D eigenvalue weighted by Gasteiger charge is -2.27. The van der Waals surface area contributed by atoms with Crippen molar-refractivity contribution in [2.75, 3.05) is 37.5 Å². The predicted octanol–water partition coefficient (Wildman–Crippen LogP) is 3.86. The van der Waals surface area contributed by atoms with Crippen LogP contribution in [0, 0.1) is 13.8 Å². The molecule has 0 aliphatic carbocycles. The lowest BCUT2D eigenvalue weighted by Crippen LogP contribution is -2.30. The smallest absolute Gasteiger partial charge is 0.224 e. The minimum absolute atomic E-state index is 0.0966. The third kappa shape index (κ3) is 5.13. The zero-order chi connectivity index (χ0) is 24.1. The van der Waals surface area contributed by atoms with Gasteiger partial charge in [0.05, 0.1) is 25.6 Å². The molecular weight excluding hydrogens is 432 g/mol. The normalized spacial score (nSPS) is 13.6. The van der Waals surface area contributed by atoms with E-state index in [1.807, 2.05) is 30.7 Å². The molecule has 0 spiro atoms. The lowest BCUT2D eigenvalue weighted by molar-refractivity contribution is -0.116. The SMILES string of the molecule is COc1ccc(NC(=O)CCc2c(C)nn(-c3ccc(N4CCCCC4)nn3)c2C)c(OC)c1. The number of anilines is 2. The first-order valence-corrected chi connectivity index (χ1v) is 11.7. The van der Waals surface area contributed by atoms with Gasteiger partial charge in [-0.2, -0.15) is 5.10 Å². The van der Waals surface area contributed by atoms with Gasteiger partial charge >= 0.3 is 0 Å². The quantitative estimate of drug-likeness (QED) is 0.541. The molecule has 1 aliphatic heterocycles. The number of aryl methyl sites for hydroxylation is 1. The topological polar surface area (TPSA) is 94.4 Å². The van der Waals surface area contributed by atoms with E-state index in [9.17, 15) is 4.79 Å². The van der Waals surface area contributed by atoms with Crippen LogP contribution >= 0.6 is 0 Å². The Bertz CT molecular complexity index is 1140. The van der Waals surface area contributed by atoms with Crippen molar-refractivity contribution in [3.8, 4) is 17.3 Å². The van der Waals surface area contributed by atoms with Crippen molar-refractivity contribution in [1.82, 2.24) is 20.0 Å². The van der Waals surface area contributed by atoms with Gasteiger partial charge in [-0.1, -0.05) is 0 Å². The molecule has 0 saturated carbocycles. The predicted molar refractivity (Wildman–Crippen MR) is 131 cm³/mol. The van der Waals surface area contributed by atoms with Crippen LogP contribution in [-0.2, 0) is 11.2 Å². The molecule has 0 unspecified atom stereocenters.